The third kappa shape index (κ3) is 3.35. The van der Waals surface area contributed by atoms with E-state index in [0.717, 1.165) is 24.4 Å². The van der Waals surface area contributed by atoms with Gasteiger partial charge in [-0.25, -0.2) is 4.79 Å². The first-order chi connectivity index (χ1) is 11.5. The average Bonchev–Trinajstić information content (AvgIpc) is 2.54. The van der Waals surface area contributed by atoms with Gasteiger partial charge in [-0.15, -0.1) is 0 Å². The molecule has 1 fully saturated rings. The molecular weight excluding hydrogens is 302 g/mol. The SMILES string of the molecule is COc1ccc(C(C)(C)NC(=O)N2CC(c3ccncc3)C2)cc1. The number of benzene rings is 1. The normalized spacial score (nSPS) is 14.9. The van der Waals surface area contributed by atoms with Gasteiger partial charge in [-0.3, -0.25) is 4.98 Å². The Balaban J connectivity index is 1.58. The Bertz CT molecular complexity index is 692. The smallest absolute Gasteiger partial charge is 0.318 e. The van der Waals surface area contributed by atoms with Crippen molar-refractivity contribution in [1.82, 2.24) is 15.2 Å². The molecule has 5 nitrogen and oxygen atoms in total. The van der Waals surface area contributed by atoms with Crippen LogP contribution in [0.5, 0.6) is 5.75 Å². The lowest BCUT2D eigenvalue weighted by molar-refractivity contribution is 0.142. The minimum absolute atomic E-state index is 0.0267. The van der Waals surface area contributed by atoms with Crippen LogP contribution >= 0.6 is 0 Å². The van der Waals surface area contributed by atoms with Gasteiger partial charge in [0.1, 0.15) is 5.75 Å². The molecule has 0 bridgehead atoms. The number of rotatable bonds is 4. The Kier molecular flexibility index (Phi) is 4.42. The van der Waals surface area contributed by atoms with E-state index in [0.29, 0.717) is 5.92 Å². The van der Waals surface area contributed by atoms with Crippen molar-refractivity contribution < 1.29 is 9.53 Å². The van der Waals surface area contributed by atoms with Crippen molar-refractivity contribution >= 4 is 6.03 Å². The molecule has 1 aromatic carbocycles. The van der Waals surface area contributed by atoms with Gasteiger partial charge in [-0.05, 0) is 49.2 Å². The summed E-state index contributed by atoms with van der Waals surface area (Å²) in [6.07, 6.45) is 3.59. The summed E-state index contributed by atoms with van der Waals surface area (Å²) in [6.45, 7) is 5.50. The molecule has 126 valence electrons. The highest BCUT2D eigenvalue weighted by Crippen LogP contribution is 2.28. The van der Waals surface area contributed by atoms with Gasteiger partial charge in [0.25, 0.3) is 0 Å². The Morgan fingerprint density at radius 2 is 1.79 bits per heavy atom. The first-order valence-electron chi connectivity index (χ1n) is 8.11. The highest BCUT2D eigenvalue weighted by atomic mass is 16.5. The molecule has 0 radical (unpaired) electrons. The minimum atomic E-state index is -0.439. The first kappa shape index (κ1) is 16.3. The molecule has 1 saturated heterocycles. The minimum Gasteiger partial charge on any atom is -0.497 e. The third-order valence-corrected chi connectivity index (χ3v) is 4.58. The molecule has 0 unspecified atom stereocenters. The molecule has 0 spiro atoms. The van der Waals surface area contributed by atoms with Crippen LogP contribution in [0.15, 0.2) is 48.8 Å². The van der Waals surface area contributed by atoms with E-state index in [1.807, 2.05) is 55.1 Å². The van der Waals surface area contributed by atoms with Crippen molar-refractivity contribution in [1.29, 1.82) is 0 Å². The van der Waals surface area contributed by atoms with Crippen molar-refractivity contribution in [3.8, 4) is 5.75 Å². The number of carbonyl (C=O) groups excluding carboxylic acids is 1. The summed E-state index contributed by atoms with van der Waals surface area (Å²) < 4.78 is 5.18. The lowest BCUT2D eigenvalue weighted by Crippen LogP contribution is -2.56. The number of amides is 2. The molecule has 3 rings (SSSR count). The average molecular weight is 325 g/mol. The number of methoxy groups -OCH3 is 1. The Morgan fingerprint density at radius 3 is 2.38 bits per heavy atom. The molecule has 2 amide bonds. The summed E-state index contributed by atoms with van der Waals surface area (Å²) in [5.41, 5.74) is 1.84. The van der Waals surface area contributed by atoms with E-state index in [9.17, 15) is 4.79 Å². The second-order valence-electron chi connectivity index (χ2n) is 6.67. The van der Waals surface area contributed by atoms with Crippen LogP contribution in [0.4, 0.5) is 4.79 Å². The lowest BCUT2D eigenvalue weighted by atomic mass is 9.91. The topological polar surface area (TPSA) is 54.5 Å². The predicted molar refractivity (Wildman–Crippen MR) is 93.1 cm³/mol. The van der Waals surface area contributed by atoms with Crippen molar-refractivity contribution in [2.45, 2.75) is 25.3 Å². The number of hydrogen-bond donors (Lipinski definition) is 1. The van der Waals surface area contributed by atoms with Crippen molar-refractivity contribution in [2.75, 3.05) is 20.2 Å². The van der Waals surface area contributed by atoms with Gasteiger partial charge in [0, 0.05) is 31.4 Å². The number of urea groups is 1. The highest BCUT2D eigenvalue weighted by Gasteiger charge is 2.34. The number of hydrogen-bond acceptors (Lipinski definition) is 3. The van der Waals surface area contributed by atoms with Crippen molar-refractivity contribution in [3.63, 3.8) is 0 Å². The Hall–Kier alpha value is -2.56. The van der Waals surface area contributed by atoms with Crippen LogP contribution in [-0.4, -0.2) is 36.1 Å². The number of pyridine rings is 1. The van der Waals surface area contributed by atoms with Crippen molar-refractivity contribution in [3.05, 3.63) is 59.9 Å². The molecule has 1 N–H and O–H groups in total. The standard InChI is InChI=1S/C19H23N3O2/c1-19(2,16-4-6-17(24-3)7-5-16)21-18(23)22-12-15(13-22)14-8-10-20-11-9-14/h4-11,15H,12-13H2,1-3H3,(H,21,23). The van der Waals surface area contributed by atoms with Gasteiger partial charge in [0.2, 0.25) is 0 Å². The van der Waals surface area contributed by atoms with Crippen molar-refractivity contribution in [2.24, 2.45) is 0 Å². The molecule has 2 heterocycles. The second-order valence-corrected chi connectivity index (χ2v) is 6.67. The fourth-order valence-corrected chi connectivity index (χ4v) is 2.92. The summed E-state index contributed by atoms with van der Waals surface area (Å²) in [7, 11) is 1.64. The predicted octanol–water partition coefficient (Wildman–Crippen LogP) is 3.13. The summed E-state index contributed by atoms with van der Waals surface area (Å²) >= 11 is 0. The van der Waals surface area contributed by atoms with E-state index in [1.165, 1.54) is 5.56 Å². The first-order valence-corrected chi connectivity index (χ1v) is 8.11. The van der Waals surface area contributed by atoms with E-state index in [-0.39, 0.29) is 6.03 Å². The fourth-order valence-electron chi connectivity index (χ4n) is 2.92. The molecule has 1 aliphatic heterocycles. The van der Waals surface area contributed by atoms with Gasteiger partial charge in [0.15, 0.2) is 0 Å². The third-order valence-electron chi connectivity index (χ3n) is 4.58. The fraction of sp³-hybridized carbons (Fsp3) is 0.368. The summed E-state index contributed by atoms with van der Waals surface area (Å²) in [6, 6.07) is 11.8. The molecule has 1 aliphatic rings. The van der Waals surface area contributed by atoms with Gasteiger partial charge in [-0.1, -0.05) is 12.1 Å². The van der Waals surface area contributed by atoms with Crippen LogP contribution in [0.3, 0.4) is 0 Å². The Morgan fingerprint density at radius 1 is 1.17 bits per heavy atom. The second kappa shape index (κ2) is 6.51. The highest BCUT2D eigenvalue weighted by molar-refractivity contribution is 5.76. The quantitative estimate of drug-likeness (QED) is 0.939. The molecule has 2 aromatic rings. The maximum Gasteiger partial charge on any atom is 0.318 e. The van der Waals surface area contributed by atoms with Crippen LogP contribution in [0.25, 0.3) is 0 Å². The van der Waals surface area contributed by atoms with Crippen LogP contribution in [-0.2, 0) is 5.54 Å². The van der Waals surface area contributed by atoms with Crippen LogP contribution in [0, 0.1) is 0 Å². The number of likely N-dealkylation sites (tertiary alicyclic amines) is 1. The number of nitrogens with one attached hydrogen (secondary N) is 1. The van der Waals surface area contributed by atoms with E-state index in [1.54, 1.807) is 19.5 Å². The molecule has 5 heteroatoms. The molecule has 0 aliphatic carbocycles. The molecule has 24 heavy (non-hydrogen) atoms. The lowest BCUT2D eigenvalue weighted by Gasteiger charge is -2.41. The van der Waals surface area contributed by atoms with E-state index >= 15 is 0 Å². The number of ether oxygens (including phenoxy) is 1. The molecule has 0 atom stereocenters. The zero-order chi connectivity index (χ0) is 17.2. The van der Waals surface area contributed by atoms with E-state index in [4.69, 9.17) is 4.74 Å². The number of aromatic nitrogens is 1. The molecule has 1 aromatic heterocycles. The maximum atomic E-state index is 12.5. The van der Waals surface area contributed by atoms with Gasteiger partial charge >= 0.3 is 6.03 Å². The van der Waals surface area contributed by atoms with Gasteiger partial charge in [0.05, 0.1) is 12.6 Å². The number of nitrogens with zero attached hydrogens (tertiary/aromatic N) is 2. The summed E-state index contributed by atoms with van der Waals surface area (Å²) in [4.78, 5) is 18.4. The van der Waals surface area contributed by atoms with Gasteiger partial charge in [-0.2, -0.15) is 0 Å². The summed E-state index contributed by atoms with van der Waals surface area (Å²) in [5.74, 6) is 1.21. The van der Waals surface area contributed by atoms with Crippen LogP contribution in [0.2, 0.25) is 0 Å². The zero-order valence-electron chi connectivity index (χ0n) is 14.3. The van der Waals surface area contributed by atoms with Gasteiger partial charge < -0.3 is 15.0 Å². The molecular formula is C19H23N3O2. The Labute approximate surface area is 142 Å². The maximum absolute atomic E-state index is 12.5. The zero-order valence-corrected chi connectivity index (χ0v) is 14.3. The largest absolute Gasteiger partial charge is 0.497 e. The monoisotopic (exact) mass is 325 g/mol. The van der Waals surface area contributed by atoms with Crippen LogP contribution < -0.4 is 10.1 Å². The van der Waals surface area contributed by atoms with Crippen LogP contribution in [0.1, 0.15) is 30.9 Å². The van der Waals surface area contributed by atoms with E-state index in [2.05, 4.69) is 10.3 Å². The molecule has 0 saturated carbocycles. The van der Waals surface area contributed by atoms with E-state index < -0.39 is 5.54 Å². The summed E-state index contributed by atoms with van der Waals surface area (Å²) in [5, 5.41) is 3.12. The number of carbonyl (C=O) groups is 1.